The first-order chi connectivity index (χ1) is 5.95. The molecule has 5 atom stereocenters. The number of hydrogen-bond donors (Lipinski definition) is 5. The molecule has 0 heterocycles. The molecule has 0 amide bonds. The number of aliphatic hydroxyl groups is 3. The second-order valence-corrected chi connectivity index (χ2v) is 3.31. The maximum absolute atomic E-state index is 10.6. The molecule has 0 aromatic carbocycles. The molecular weight excluding hydrogens is 178 g/mol. The Morgan fingerprint density at radius 2 is 1.77 bits per heavy atom. The molecule has 0 unspecified atom stereocenters. The second-order valence-electron chi connectivity index (χ2n) is 3.31. The highest BCUT2D eigenvalue weighted by Crippen LogP contribution is 2.24. The zero-order valence-electron chi connectivity index (χ0n) is 6.87. The van der Waals surface area contributed by atoms with E-state index < -0.39 is 36.2 Å². The Labute approximate surface area is 74.6 Å². The number of hydrogen-bond acceptors (Lipinski definition) is 5. The lowest BCUT2D eigenvalue weighted by molar-refractivity contribution is -0.162. The molecule has 1 saturated carbocycles. The first-order valence-electron chi connectivity index (χ1n) is 3.97. The van der Waals surface area contributed by atoms with Gasteiger partial charge < -0.3 is 26.2 Å². The molecule has 0 spiro atoms. The number of aliphatic carboxylic acids is 1. The van der Waals surface area contributed by atoms with E-state index in [0.717, 1.165) is 0 Å². The summed E-state index contributed by atoms with van der Waals surface area (Å²) in [5, 5.41) is 36.2. The van der Waals surface area contributed by atoms with Gasteiger partial charge in [-0.25, -0.2) is 0 Å². The minimum Gasteiger partial charge on any atom is -0.481 e. The first kappa shape index (κ1) is 10.4. The Morgan fingerprint density at radius 1 is 1.23 bits per heavy atom. The van der Waals surface area contributed by atoms with Crippen molar-refractivity contribution in [2.75, 3.05) is 0 Å². The van der Waals surface area contributed by atoms with Crippen LogP contribution in [0.4, 0.5) is 0 Å². The number of aliphatic hydroxyl groups excluding tert-OH is 3. The maximum atomic E-state index is 10.6. The van der Waals surface area contributed by atoms with Gasteiger partial charge in [0.15, 0.2) is 0 Å². The van der Waals surface area contributed by atoms with Gasteiger partial charge in [0.1, 0.15) is 12.0 Å². The highest BCUT2D eigenvalue weighted by Gasteiger charge is 2.44. The van der Waals surface area contributed by atoms with Crippen LogP contribution in [0.3, 0.4) is 0 Å². The molecule has 76 valence electrons. The van der Waals surface area contributed by atoms with Crippen LogP contribution in [-0.4, -0.2) is 50.7 Å². The van der Waals surface area contributed by atoms with Gasteiger partial charge in [-0.15, -0.1) is 0 Å². The van der Waals surface area contributed by atoms with Crippen molar-refractivity contribution in [2.24, 2.45) is 11.7 Å². The van der Waals surface area contributed by atoms with E-state index in [1.54, 1.807) is 0 Å². The van der Waals surface area contributed by atoms with Crippen LogP contribution in [0.15, 0.2) is 0 Å². The Hall–Kier alpha value is -0.690. The molecule has 0 saturated heterocycles. The molecule has 1 fully saturated rings. The lowest BCUT2D eigenvalue weighted by Crippen LogP contribution is -2.57. The summed E-state index contributed by atoms with van der Waals surface area (Å²) in [4.78, 5) is 10.6. The van der Waals surface area contributed by atoms with E-state index in [1.165, 1.54) is 0 Å². The standard InChI is InChI=1S/C7H13NO5/c8-2-1-3(9)5(10)6(11)4(2)7(12)13/h2-6,9-11H,1,8H2,(H,12,13)/t2-,3-,4+,5+,6+/m0/s1. The summed E-state index contributed by atoms with van der Waals surface area (Å²) in [6.45, 7) is 0. The molecule has 1 aliphatic carbocycles. The quantitative estimate of drug-likeness (QED) is 0.312. The third-order valence-corrected chi connectivity index (χ3v) is 2.37. The van der Waals surface area contributed by atoms with Crippen LogP contribution >= 0.6 is 0 Å². The van der Waals surface area contributed by atoms with E-state index in [0.29, 0.717) is 0 Å². The molecule has 0 bridgehead atoms. The highest BCUT2D eigenvalue weighted by atomic mass is 16.4. The van der Waals surface area contributed by atoms with Crippen LogP contribution in [0.25, 0.3) is 0 Å². The van der Waals surface area contributed by atoms with Gasteiger partial charge in [-0.1, -0.05) is 0 Å². The summed E-state index contributed by atoms with van der Waals surface area (Å²) >= 11 is 0. The van der Waals surface area contributed by atoms with Crippen molar-refractivity contribution in [1.29, 1.82) is 0 Å². The molecule has 6 nitrogen and oxygen atoms in total. The second kappa shape index (κ2) is 3.59. The molecule has 0 aliphatic heterocycles. The Kier molecular flexibility index (Phi) is 2.87. The largest absolute Gasteiger partial charge is 0.481 e. The van der Waals surface area contributed by atoms with E-state index in [-0.39, 0.29) is 6.42 Å². The minimum absolute atomic E-state index is 0.0187. The van der Waals surface area contributed by atoms with Crippen molar-refractivity contribution in [3.05, 3.63) is 0 Å². The normalized spacial score (nSPS) is 46.0. The highest BCUT2D eigenvalue weighted by molar-refractivity contribution is 5.72. The van der Waals surface area contributed by atoms with Crippen LogP contribution < -0.4 is 5.73 Å². The van der Waals surface area contributed by atoms with E-state index in [4.69, 9.17) is 21.1 Å². The fourth-order valence-corrected chi connectivity index (χ4v) is 1.59. The van der Waals surface area contributed by atoms with Crippen LogP contribution in [0.1, 0.15) is 6.42 Å². The minimum atomic E-state index is -1.50. The van der Waals surface area contributed by atoms with Gasteiger partial charge in [-0.2, -0.15) is 0 Å². The lowest BCUT2D eigenvalue weighted by Gasteiger charge is -2.36. The summed E-state index contributed by atoms with van der Waals surface area (Å²) in [5.74, 6) is -2.47. The summed E-state index contributed by atoms with van der Waals surface area (Å²) in [7, 11) is 0. The van der Waals surface area contributed by atoms with Gasteiger partial charge >= 0.3 is 5.97 Å². The van der Waals surface area contributed by atoms with Gasteiger partial charge in [-0.05, 0) is 6.42 Å². The predicted molar refractivity (Wildman–Crippen MR) is 41.7 cm³/mol. The van der Waals surface area contributed by atoms with Gasteiger partial charge in [0.25, 0.3) is 0 Å². The number of carboxylic acids is 1. The van der Waals surface area contributed by atoms with Crippen molar-refractivity contribution < 1.29 is 25.2 Å². The SMILES string of the molecule is N[C@H]1C[C@H](O)[C@@H](O)[C@H](O)[C@@H]1C(=O)O. The third-order valence-electron chi connectivity index (χ3n) is 2.37. The van der Waals surface area contributed by atoms with Gasteiger partial charge in [-0.3, -0.25) is 4.79 Å². The Bertz CT molecular complexity index is 209. The first-order valence-corrected chi connectivity index (χ1v) is 3.97. The average molecular weight is 191 g/mol. The van der Waals surface area contributed by atoms with Crippen LogP contribution in [0, 0.1) is 5.92 Å². The molecular formula is C7H13NO5. The number of nitrogens with two attached hydrogens (primary N) is 1. The van der Waals surface area contributed by atoms with Crippen LogP contribution in [-0.2, 0) is 4.79 Å². The Morgan fingerprint density at radius 3 is 2.23 bits per heavy atom. The molecule has 0 aromatic rings. The predicted octanol–water partition coefficient (Wildman–Crippen LogP) is -2.50. The molecule has 1 rings (SSSR count). The van der Waals surface area contributed by atoms with Gasteiger partial charge in [0, 0.05) is 6.04 Å². The fraction of sp³-hybridized carbons (Fsp3) is 0.857. The molecule has 13 heavy (non-hydrogen) atoms. The zero-order chi connectivity index (χ0) is 10.2. The van der Waals surface area contributed by atoms with Crippen molar-refractivity contribution in [3.8, 4) is 0 Å². The average Bonchev–Trinajstić information content (AvgIpc) is 1.99. The number of rotatable bonds is 1. The van der Waals surface area contributed by atoms with Crippen molar-refractivity contribution >= 4 is 5.97 Å². The molecule has 1 aliphatic rings. The van der Waals surface area contributed by atoms with Gasteiger partial charge in [0.05, 0.1) is 12.2 Å². The third kappa shape index (κ3) is 1.80. The maximum Gasteiger partial charge on any atom is 0.310 e. The smallest absolute Gasteiger partial charge is 0.310 e. The van der Waals surface area contributed by atoms with Crippen molar-refractivity contribution in [1.82, 2.24) is 0 Å². The number of carbonyl (C=O) groups is 1. The zero-order valence-corrected chi connectivity index (χ0v) is 6.87. The van der Waals surface area contributed by atoms with Crippen LogP contribution in [0.5, 0.6) is 0 Å². The number of carboxylic acid groups (broad SMARTS) is 1. The molecule has 6 N–H and O–H groups in total. The summed E-state index contributed by atoms with van der Waals surface area (Å²) in [6.07, 6.45) is -4.10. The molecule has 0 radical (unpaired) electrons. The van der Waals surface area contributed by atoms with Crippen molar-refractivity contribution in [2.45, 2.75) is 30.8 Å². The van der Waals surface area contributed by atoms with E-state index in [1.807, 2.05) is 0 Å². The Balaban J connectivity index is 2.79. The summed E-state index contributed by atoms with van der Waals surface area (Å²) in [5.41, 5.74) is 5.41. The summed E-state index contributed by atoms with van der Waals surface area (Å²) in [6, 6.07) is -0.828. The van der Waals surface area contributed by atoms with Crippen molar-refractivity contribution in [3.63, 3.8) is 0 Å². The van der Waals surface area contributed by atoms with E-state index in [2.05, 4.69) is 0 Å². The molecule has 6 heteroatoms. The van der Waals surface area contributed by atoms with E-state index >= 15 is 0 Å². The fourth-order valence-electron chi connectivity index (χ4n) is 1.59. The van der Waals surface area contributed by atoms with Crippen LogP contribution in [0.2, 0.25) is 0 Å². The van der Waals surface area contributed by atoms with Gasteiger partial charge in [0.2, 0.25) is 0 Å². The molecule has 0 aromatic heterocycles. The lowest BCUT2D eigenvalue weighted by atomic mass is 9.79. The van der Waals surface area contributed by atoms with E-state index in [9.17, 15) is 9.90 Å². The topological polar surface area (TPSA) is 124 Å². The summed E-state index contributed by atoms with van der Waals surface area (Å²) < 4.78 is 0. The monoisotopic (exact) mass is 191 g/mol.